The highest BCUT2D eigenvalue weighted by atomic mass is 16.2. The van der Waals surface area contributed by atoms with E-state index >= 15 is 0 Å². The van der Waals surface area contributed by atoms with Crippen molar-refractivity contribution < 1.29 is 4.79 Å². The quantitative estimate of drug-likeness (QED) is 0.612. The number of carbonyl (C=O) groups is 1. The Balaban J connectivity index is 2.56. The minimum absolute atomic E-state index is 0.000000000000000222. The van der Waals surface area contributed by atoms with E-state index in [1.165, 1.54) is 0 Å². The van der Waals surface area contributed by atoms with Crippen LogP contribution in [-0.2, 0) is 4.79 Å². The van der Waals surface area contributed by atoms with Crippen LogP contribution >= 0.6 is 0 Å². The maximum Gasteiger partial charge on any atom is 0.239 e. The summed E-state index contributed by atoms with van der Waals surface area (Å²) >= 11 is 0. The molecule has 1 saturated heterocycles. The third-order valence-electron chi connectivity index (χ3n) is 2.59. The molecular weight excluding hydrogens is 163 g/mol. The van der Waals surface area contributed by atoms with Gasteiger partial charge < -0.3 is 10.6 Å². The summed E-state index contributed by atoms with van der Waals surface area (Å²) in [6.45, 7) is 4.66. The summed E-state index contributed by atoms with van der Waals surface area (Å²) in [4.78, 5) is 13.4. The SMILES string of the molecule is [B]C1CCCN1C(=O)C(N)C(C)C. The molecule has 0 aliphatic carbocycles. The normalized spacial score (nSPS) is 25.2. The minimum Gasteiger partial charge on any atom is -0.347 e. The van der Waals surface area contributed by atoms with Gasteiger partial charge in [-0.1, -0.05) is 13.8 Å². The first kappa shape index (κ1) is 10.6. The first-order valence-corrected chi connectivity index (χ1v) is 4.85. The number of carbonyl (C=O) groups excluding carboxylic acids is 1. The zero-order valence-corrected chi connectivity index (χ0v) is 8.36. The molecule has 1 amide bonds. The summed E-state index contributed by atoms with van der Waals surface area (Å²) in [7, 11) is 5.77. The van der Waals surface area contributed by atoms with Crippen molar-refractivity contribution in [3.05, 3.63) is 0 Å². The lowest BCUT2D eigenvalue weighted by molar-refractivity contribution is -0.133. The Morgan fingerprint density at radius 3 is 2.62 bits per heavy atom. The van der Waals surface area contributed by atoms with Gasteiger partial charge in [-0.05, 0) is 24.7 Å². The Bertz CT molecular complexity index is 196. The molecule has 0 spiro atoms. The Labute approximate surface area is 81.1 Å². The molecule has 0 aromatic rings. The minimum atomic E-state index is -0.399. The third kappa shape index (κ3) is 2.24. The fourth-order valence-corrected chi connectivity index (χ4v) is 1.54. The highest BCUT2D eigenvalue weighted by Crippen LogP contribution is 2.16. The molecule has 2 radical (unpaired) electrons. The lowest BCUT2D eigenvalue weighted by atomic mass is 9.93. The first-order valence-electron chi connectivity index (χ1n) is 4.85. The molecule has 0 aromatic carbocycles. The Kier molecular flexibility index (Phi) is 3.36. The molecular formula is C9H17BN2O. The van der Waals surface area contributed by atoms with Gasteiger partial charge in [0, 0.05) is 6.54 Å². The molecule has 2 N–H and O–H groups in total. The first-order chi connectivity index (χ1) is 6.04. The Morgan fingerprint density at radius 1 is 1.62 bits per heavy atom. The highest BCUT2D eigenvalue weighted by molar-refractivity contribution is 6.13. The fourth-order valence-electron chi connectivity index (χ4n) is 1.54. The molecule has 3 nitrogen and oxygen atoms in total. The zero-order valence-electron chi connectivity index (χ0n) is 8.36. The van der Waals surface area contributed by atoms with E-state index in [4.69, 9.17) is 13.6 Å². The van der Waals surface area contributed by atoms with Crippen molar-refractivity contribution in [1.82, 2.24) is 4.90 Å². The lowest BCUT2D eigenvalue weighted by Gasteiger charge is -2.26. The predicted molar refractivity (Wildman–Crippen MR) is 53.3 cm³/mol. The van der Waals surface area contributed by atoms with Crippen molar-refractivity contribution >= 4 is 13.8 Å². The summed E-state index contributed by atoms with van der Waals surface area (Å²) in [6, 6.07) is -0.399. The number of hydrogen-bond acceptors (Lipinski definition) is 2. The zero-order chi connectivity index (χ0) is 10.0. The van der Waals surface area contributed by atoms with Gasteiger partial charge in [0.1, 0.15) is 0 Å². The van der Waals surface area contributed by atoms with Crippen LogP contribution in [0.4, 0.5) is 0 Å². The van der Waals surface area contributed by atoms with E-state index in [2.05, 4.69) is 0 Å². The molecule has 2 atom stereocenters. The van der Waals surface area contributed by atoms with Crippen molar-refractivity contribution in [2.45, 2.75) is 38.7 Å². The van der Waals surface area contributed by atoms with Crippen molar-refractivity contribution in [2.75, 3.05) is 6.54 Å². The highest BCUT2D eigenvalue weighted by Gasteiger charge is 2.29. The number of nitrogens with zero attached hydrogens (tertiary/aromatic N) is 1. The van der Waals surface area contributed by atoms with Crippen molar-refractivity contribution in [2.24, 2.45) is 11.7 Å². The summed E-state index contributed by atoms with van der Waals surface area (Å²) in [6.07, 6.45) is 1.90. The van der Waals surface area contributed by atoms with Crippen molar-refractivity contribution in [1.29, 1.82) is 0 Å². The van der Waals surface area contributed by atoms with E-state index in [9.17, 15) is 4.79 Å². The van der Waals surface area contributed by atoms with Crippen molar-refractivity contribution in [3.8, 4) is 0 Å². The largest absolute Gasteiger partial charge is 0.347 e. The van der Waals surface area contributed by atoms with E-state index < -0.39 is 6.04 Å². The van der Waals surface area contributed by atoms with Crippen LogP contribution in [0.1, 0.15) is 26.7 Å². The van der Waals surface area contributed by atoms with Crippen LogP contribution < -0.4 is 5.73 Å². The van der Waals surface area contributed by atoms with Crippen LogP contribution in [0.15, 0.2) is 0 Å². The molecule has 1 fully saturated rings. The van der Waals surface area contributed by atoms with Gasteiger partial charge in [0.25, 0.3) is 0 Å². The van der Waals surface area contributed by atoms with Crippen molar-refractivity contribution in [3.63, 3.8) is 0 Å². The Morgan fingerprint density at radius 2 is 2.23 bits per heavy atom. The van der Waals surface area contributed by atoms with Gasteiger partial charge in [-0.15, -0.1) is 0 Å². The van der Waals surface area contributed by atoms with Crippen LogP contribution in [-0.4, -0.2) is 37.2 Å². The smallest absolute Gasteiger partial charge is 0.239 e. The fraction of sp³-hybridized carbons (Fsp3) is 0.889. The van der Waals surface area contributed by atoms with Crippen LogP contribution in [0.2, 0.25) is 0 Å². The molecule has 2 unspecified atom stereocenters. The van der Waals surface area contributed by atoms with Gasteiger partial charge in [0.05, 0.1) is 13.9 Å². The second-order valence-corrected chi connectivity index (χ2v) is 4.01. The van der Waals surface area contributed by atoms with Crippen LogP contribution in [0.3, 0.4) is 0 Å². The maximum absolute atomic E-state index is 11.7. The number of rotatable bonds is 2. The van der Waals surface area contributed by atoms with Crippen LogP contribution in [0.5, 0.6) is 0 Å². The second kappa shape index (κ2) is 4.14. The molecule has 1 aliphatic heterocycles. The molecule has 1 rings (SSSR count). The van der Waals surface area contributed by atoms with Gasteiger partial charge in [-0.25, -0.2) is 0 Å². The van der Waals surface area contributed by atoms with Gasteiger partial charge in [-0.3, -0.25) is 4.79 Å². The number of hydrogen-bond donors (Lipinski definition) is 1. The molecule has 0 bridgehead atoms. The van der Waals surface area contributed by atoms with E-state index in [1.807, 2.05) is 13.8 Å². The van der Waals surface area contributed by atoms with Gasteiger partial charge in [-0.2, -0.15) is 0 Å². The standard InChI is InChI=1S/C9H17BN2O/c1-6(2)8(11)9(13)12-5-3-4-7(12)10/h6-8H,3-5,11H2,1-2H3. The molecule has 0 saturated carbocycles. The van der Waals surface area contributed by atoms with Crippen LogP contribution in [0.25, 0.3) is 0 Å². The summed E-state index contributed by atoms with van der Waals surface area (Å²) in [5.74, 6) is 0.0672. The summed E-state index contributed by atoms with van der Waals surface area (Å²) < 4.78 is 0. The van der Waals surface area contributed by atoms with Gasteiger partial charge in [0.2, 0.25) is 5.91 Å². The molecule has 1 aliphatic rings. The average molecular weight is 180 g/mol. The summed E-state index contributed by atoms with van der Waals surface area (Å²) in [5, 5.41) is 0. The molecule has 1 heterocycles. The topological polar surface area (TPSA) is 46.3 Å². The van der Waals surface area contributed by atoms with E-state index in [0.29, 0.717) is 0 Å². The second-order valence-electron chi connectivity index (χ2n) is 4.01. The van der Waals surface area contributed by atoms with E-state index in [0.717, 1.165) is 19.4 Å². The summed E-state index contributed by atoms with van der Waals surface area (Å²) in [5.41, 5.74) is 5.76. The third-order valence-corrected chi connectivity index (χ3v) is 2.59. The van der Waals surface area contributed by atoms with E-state index in [-0.39, 0.29) is 17.8 Å². The molecule has 13 heavy (non-hydrogen) atoms. The molecule has 72 valence electrons. The average Bonchev–Trinajstić information content (AvgIpc) is 2.48. The van der Waals surface area contributed by atoms with Crippen LogP contribution in [0, 0.1) is 5.92 Å². The number of amides is 1. The van der Waals surface area contributed by atoms with E-state index in [1.54, 1.807) is 4.90 Å². The number of likely N-dealkylation sites (tertiary alicyclic amines) is 1. The lowest BCUT2D eigenvalue weighted by Crippen LogP contribution is -2.48. The Hall–Kier alpha value is -0.505. The molecule has 0 aromatic heterocycles. The predicted octanol–water partition coefficient (Wildman–Crippen LogP) is 0.0867. The van der Waals surface area contributed by atoms with Gasteiger partial charge >= 0.3 is 0 Å². The maximum atomic E-state index is 11.7. The monoisotopic (exact) mass is 180 g/mol. The number of nitrogens with two attached hydrogens (primary N) is 1. The van der Waals surface area contributed by atoms with Gasteiger partial charge in [0.15, 0.2) is 0 Å². The molecule has 4 heteroatoms.